The number of quaternary nitrogens is 1. The highest BCUT2D eigenvalue weighted by molar-refractivity contribution is 7.12. The van der Waals surface area contributed by atoms with Gasteiger partial charge in [-0.1, -0.05) is 18.2 Å². The summed E-state index contributed by atoms with van der Waals surface area (Å²) in [7, 11) is 6.76. The van der Waals surface area contributed by atoms with Crippen LogP contribution in [-0.4, -0.2) is 72.5 Å². The van der Waals surface area contributed by atoms with E-state index < -0.39 is 0 Å². The molecule has 0 spiro atoms. The summed E-state index contributed by atoms with van der Waals surface area (Å²) >= 11 is 1.49. The minimum atomic E-state index is 0.0245. The lowest BCUT2D eigenvalue weighted by atomic mass is 9.94. The topological polar surface area (TPSA) is 49.0 Å². The summed E-state index contributed by atoms with van der Waals surface area (Å²) in [5.41, 5.74) is 2.81. The summed E-state index contributed by atoms with van der Waals surface area (Å²) in [5.74, 6) is 0.502. The Labute approximate surface area is 177 Å². The molecule has 0 bridgehead atoms. The number of likely N-dealkylation sites (tertiary alicyclic amines) is 1. The standard InChI is InChI=1S/C23H30N4OS/c1-27(2,3)14-6-11-26-12-9-17(10-13-26)21-16-29-23(25-21)22(28)19-15-24-20-8-5-4-7-18(19)20/h4-5,7-8,15-17H,6,9-14H2,1-3H3/p+1. The van der Waals surface area contributed by atoms with Crippen LogP contribution < -0.4 is 0 Å². The molecule has 0 amide bonds. The number of thiazole rings is 1. The maximum atomic E-state index is 13.0. The van der Waals surface area contributed by atoms with Gasteiger partial charge in [0, 0.05) is 41.4 Å². The average Bonchev–Trinajstić information content (AvgIpc) is 3.35. The highest BCUT2D eigenvalue weighted by Crippen LogP contribution is 2.30. The minimum Gasteiger partial charge on any atom is -0.360 e. The van der Waals surface area contributed by atoms with Crippen LogP contribution in [0, 0.1) is 0 Å². The average molecular weight is 412 g/mol. The summed E-state index contributed by atoms with van der Waals surface area (Å²) in [6.45, 7) is 4.66. The van der Waals surface area contributed by atoms with E-state index in [2.05, 4.69) is 36.4 Å². The van der Waals surface area contributed by atoms with Crippen LogP contribution in [0.1, 0.15) is 46.2 Å². The highest BCUT2D eigenvalue weighted by atomic mass is 32.1. The van der Waals surface area contributed by atoms with Crippen LogP contribution in [0.15, 0.2) is 35.8 Å². The predicted molar refractivity (Wildman–Crippen MR) is 120 cm³/mol. The molecule has 0 aliphatic carbocycles. The van der Waals surface area contributed by atoms with Gasteiger partial charge in [-0.25, -0.2) is 4.98 Å². The maximum Gasteiger partial charge on any atom is 0.223 e. The highest BCUT2D eigenvalue weighted by Gasteiger charge is 2.25. The van der Waals surface area contributed by atoms with E-state index in [0.29, 0.717) is 16.5 Å². The van der Waals surface area contributed by atoms with Gasteiger partial charge in [0.25, 0.3) is 0 Å². The Bertz CT molecular complexity index is 976. The zero-order valence-corrected chi connectivity index (χ0v) is 18.5. The smallest absolute Gasteiger partial charge is 0.223 e. The zero-order chi connectivity index (χ0) is 20.4. The van der Waals surface area contributed by atoms with E-state index in [1.807, 2.05) is 30.5 Å². The molecule has 1 aromatic carbocycles. The number of piperidine rings is 1. The summed E-state index contributed by atoms with van der Waals surface area (Å²) in [6, 6.07) is 7.92. The van der Waals surface area contributed by atoms with Crippen LogP contribution in [0.25, 0.3) is 10.9 Å². The Balaban J connectivity index is 1.36. The predicted octanol–water partition coefficient (Wildman–Crippen LogP) is 4.13. The number of benzene rings is 1. The lowest BCUT2D eigenvalue weighted by molar-refractivity contribution is -0.870. The van der Waals surface area contributed by atoms with E-state index in [0.717, 1.165) is 47.0 Å². The van der Waals surface area contributed by atoms with E-state index in [1.165, 1.54) is 30.8 Å². The first-order chi connectivity index (χ1) is 13.9. The first-order valence-corrected chi connectivity index (χ1v) is 11.4. The fourth-order valence-electron chi connectivity index (χ4n) is 4.17. The first-order valence-electron chi connectivity index (χ1n) is 10.5. The second-order valence-corrected chi connectivity index (χ2v) is 10.00. The summed E-state index contributed by atoms with van der Waals surface area (Å²) < 4.78 is 1.03. The van der Waals surface area contributed by atoms with Crippen molar-refractivity contribution in [1.29, 1.82) is 0 Å². The van der Waals surface area contributed by atoms with E-state index in [1.54, 1.807) is 0 Å². The second-order valence-electron chi connectivity index (χ2n) is 9.14. The van der Waals surface area contributed by atoms with Crippen molar-refractivity contribution in [2.45, 2.75) is 25.2 Å². The van der Waals surface area contributed by atoms with Gasteiger partial charge in [-0.15, -0.1) is 11.3 Å². The number of carbonyl (C=O) groups is 1. The minimum absolute atomic E-state index is 0.0245. The third kappa shape index (κ3) is 4.77. The molecule has 29 heavy (non-hydrogen) atoms. The fourth-order valence-corrected chi connectivity index (χ4v) is 5.03. The van der Waals surface area contributed by atoms with Crippen molar-refractivity contribution in [3.05, 3.63) is 52.1 Å². The fraction of sp³-hybridized carbons (Fsp3) is 0.478. The summed E-state index contributed by atoms with van der Waals surface area (Å²) in [5, 5.41) is 3.67. The third-order valence-electron chi connectivity index (χ3n) is 5.86. The molecule has 3 heterocycles. The molecule has 5 nitrogen and oxygen atoms in total. The van der Waals surface area contributed by atoms with Crippen molar-refractivity contribution in [2.75, 3.05) is 47.3 Å². The van der Waals surface area contributed by atoms with Gasteiger partial charge in [-0.05, 0) is 32.0 Å². The molecule has 2 aromatic heterocycles. The molecule has 0 saturated carbocycles. The molecular formula is C23H31N4OS+. The number of fused-ring (bicyclic) bond motifs is 1. The quantitative estimate of drug-likeness (QED) is 0.470. The number of hydrogen-bond acceptors (Lipinski definition) is 4. The number of H-pyrrole nitrogens is 1. The van der Waals surface area contributed by atoms with Crippen molar-refractivity contribution in [3.8, 4) is 0 Å². The SMILES string of the molecule is C[N+](C)(C)CCCN1CCC(c2csc(C(=O)c3c[nH]c4ccccc34)n2)CC1. The normalized spacial score (nSPS) is 16.5. The number of nitrogens with zero attached hydrogens (tertiary/aromatic N) is 3. The van der Waals surface area contributed by atoms with E-state index in [9.17, 15) is 4.79 Å². The van der Waals surface area contributed by atoms with Crippen LogP contribution in [0.4, 0.5) is 0 Å². The molecule has 1 aliphatic rings. The molecule has 1 N–H and O–H groups in total. The second kappa shape index (κ2) is 8.38. The summed E-state index contributed by atoms with van der Waals surface area (Å²) in [6.07, 6.45) is 5.32. The molecule has 1 saturated heterocycles. The summed E-state index contributed by atoms with van der Waals surface area (Å²) in [4.78, 5) is 23.5. The van der Waals surface area contributed by atoms with Crippen LogP contribution in [0.2, 0.25) is 0 Å². The number of nitrogens with one attached hydrogen (secondary N) is 1. The van der Waals surface area contributed by atoms with Gasteiger partial charge >= 0.3 is 0 Å². The lowest BCUT2D eigenvalue weighted by Gasteiger charge is -2.32. The zero-order valence-electron chi connectivity index (χ0n) is 17.6. The molecule has 1 fully saturated rings. The van der Waals surface area contributed by atoms with Gasteiger partial charge in [0.1, 0.15) is 0 Å². The molecule has 154 valence electrons. The Morgan fingerprint density at radius 1 is 1.24 bits per heavy atom. The molecule has 0 radical (unpaired) electrons. The maximum absolute atomic E-state index is 13.0. The lowest BCUT2D eigenvalue weighted by Crippen LogP contribution is -2.39. The number of rotatable bonds is 7. The van der Waals surface area contributed by atoms with Crippen molar-refractivity contribution in [3.63, 3.8) is 0 Å². The van der Waals surface area contributed by atoms with Gasteiger partial charge in [0.15, 0.2) is 5.01 Å². The van der Waals surface area contributed by atoms with Gasteiger partial charge in [0.05, 0.1) is 38.9 Å². The Hall–Kier alpha value is -2.02. The Morgan fingerprint density at radius 2 is 2.00 bits per heavy atom. The largest absolute Gasteiger partial charge is 0.360 e. The number of para-hydroxylation sites is 1. The van der Waals surface area contributed by atoms with Crippen LogP contribution in [0.3, 0.4) is 0 Å². The third-order valence-corrected chi connectivity index (χ3v) is 6.72. The van der Waals surface area contributed by atoms with Gasteiger partial charge in [0.2, 0.25) is 5.78 Å². The number of aromatic nitrogens is 2. The number of hydrogen-bond donors (Lipinski definition) is 1. The first kappa shape index (κ1) is 20.3. The van der Waals surface area contributed by atoms with Crippen molar-refractivity contribution in [2.24, 2.45) is 0 Å². The van der Waals surface area contributed by atoms with E-state index >= 15 is 0 Å². The van der Waals surface area contributed by atoms with Gasteiger partial charge in [-0.2, -0.15) is 0 Å². The van der Waals surface area contributed by atoms with Crippen molar-refractivity contribution in [1.82, 2.24) is 14.9 Å². The van der Waals surface area contributed by atoms with E-state index in [4.69, 9.17) is 4.98 Å². The van der Waals surface area contributed by atoms with Crippen molar-refractivity contribution >= 4 is 28.0 Å². The number of ketones is 1. The molecule has 0 unspecified atom stereocenters. The molecule has 6 heteroatoms. The molecular weight excluding hydrogens is 380 g/mol. The van der Waals surface area contributed by atoms with Gasteiger partial charge in [-0.3, -0.25) is 4.79 Å². The number of carbonyl (C=O) groups excluding carboxylic acids is 1. The molecule has 4 rings (SSSR count). The van der Waals surface area contributed by atoms with Crippen LogP contribution >= 0.6 is 11.3 Å². The van der Waals surface area contributed by atoms with Crippen molar-refractivity contribution < 1.29 is 9.28 Å². The monoisotopic (exact) mass is 411 g/mol. The molecule has 3 aromatic rings. The van der Waals surface area contributed by atoms with Gasteiger partial charge < -0.3 is 14.4 Å². The number of aromatic amines is 1. The van der Waals surface area contributed by atoms with E-state index in [-0.39, 0.29) is 5.78 Å². The molecule has 1 aliphatic heterocycles. The molecule has 0 atom stereocenters. The van der Waals surface area contributed by atoms with Crippen LogP contribution in [-0.2, 0) is 0 Å². The Morgan fingerprint density at radius 3 is 2.76 bits per heavy atom. The van der Waals surface area contributed by atoms with Crippen LogP contribution in [0.5, 0.6) is 0 Å². The Kier molecular flexibility index (Phi) is 5.86.